The van der Waals surface area contributed by atoms with Gasteiger partial charge in [0.15, 0.2) is 0 Å². The van der Waals surface area contributed by atoms with Gasteiger partial charge in [0.05, 0.1) is 11.4 Å². The first-order valence-electron chi connectivity index (χ1n) is 9.65. The van der Waals surface area contributed by atoms with Crippen molar-refractivity contribution in [3.63, 3.8) is 0 Å². The Morgan fingerprint density at radius 2 is 1.73 bits per heavy atom. The van der Waals surface area contributed by atoms with E-state index < -0.39 is 0 Å². The van der Waals surface area contributed by atoms with Crippen molar-refractivity contribution in [3.05, 3.63) is 89.1 Å². The van der Waals surface area contributed by atoms with Crippen molar-refractivity contribution in [1.82, 2.24) is 15.3 Å². The summed E-state index contributed by atoms with van der Waals surface area (Å²) in [6, 6.07) is 20.9. The molecule has 0 bridgehead atoms. The Hall–Kier alpha value is -3.51. The van der Waals surface area contributed by atoms with Crippen molar-refractivity contribution in [1.29, 1.82) is 0 Å². The fraction of sp³-hybridized carbons (Fsp3) is 0.125. The summed E-state index contributed by atoms with van der Waals surface area (Å²) in [6.07, 6.45) is 2.57. The summed E-state index contributed by atoms with van der Waals surface area (Å²) in [7, 11) is 0. The van der Waals surface area contributed by atoms with E-state index in [2.05, 4.69) is 27.4 Å². The quantitative estimate of drug-likeness (QED) is 0.472. The van der Waals surface area contributed by atoms with Gasteiger partial charge >= 0.3 is 0 Å². The summed E-state index contributed by atoms with van der Waals surface area (Å²) in [5.74, 6) is 0.129. The van der Waals surface area contributed by atoms with Crippen LogP contribution in [-0.4, -0.2) is 27.5 Å². The number of aromatic nitrogens is 2. The summed E-state index contributed by atoms with van der Waals surface area (Å²) in [5, 5.41) is 13.1. The van der Waals surface area contributed by atoms with Crippen molar-refractivity contribution >= 4 is 17.2 Å². The third-order valence-electron chi connectivity index (χ3n) is 4.73. The van der Waals surface area contributed by atoms with Crippen LogP contribution in [0.2, 0.25) is 0 Å². The number of carbonyl (C=O) groups excluding carboxylic acids is 1. The van der Waals surface area contributed by atoms with Gasteiger partial charge in [-0.2, -0.15) is 0 Å². The van der Waals surface area contributed by atoms with Crippen LogP contribution in [0.5, 0.6) is 5.75 Å². The minimum Gasteiger partial charge on any atom is -0.508 e. The normalized spacial score (nSPS) is 10.7. The van der Waals surface area contributed by atoms with Crippen LogP contribution >= 0.6 is 11.3 Å². The summed E-state index contributed by atoms with van der Waals surface area (Å²) >= 11 is 1.35. The first kappa shape index (κ1) is 19.8. The number of pyridine rings is 1. The Labute approximate surface area is 179 Å². The van der Waals surface area contributed by atoms with Crippen LogP contribution in [0.1, 0.15) is 20.9 Å². The first-order chi connectivity index (χ1) is 14.6. The molecule has 30 heavy (non-hydrogen) atoms. The number of aromatic hydroxyl groups is 1. The molecule has 2 heterocycles. The van der Waals surface area contributed by atoms with Crippen LogP contribution in [0.15, 0.2) is 72.9 Å². The smallest absolute Gasteiger partial charge is 0.263 e. The maximum atomic E-state index is 12.6. The highest BCUT2D eigenvalue weighted by Crippen LogP contribution is 2.28. The molecule has 0 aliphatic heterocycles. The molecule has 0 saturated carbocycles. The number of phenolic OH excluding ortho intramolecular Hbond substituents is 1. The lowest BCUT2D eigenvalue weighted by molar-refractivity contribution is 0.0957. The molecular weight excluding hydrogens is 394 g/mol. The summed E-state index contributed by atoms with van der Waals surface area (Å²) in [5.41, 5.74) is 4.55. The highest BCUT2D eigenvalue weighted by Gasteiger charge is 2.16. The van der Waals surface area contributed by atoms with Gasteiger partial charge in [-0.3, -0.25) is 9.78 Å². The van der Waals surface area contributed by atoms with E-state index in [0.717, 1.165) is 28.2 Å². The molecule has 2 aromatic heterocycles. The highest BCUT2D eigenvalue weighted by atomic mass is 32.1. The summed E-state index contributed by atoms with van der Waals surface area (Å²) in [4.78, 5) is 22.3. The van der Waals surface area contributed by atoms with Gasteiger partial charge in [-0.15, -0.1) is 11.3 Å². The second-order valence-corrected chi connectivity index (χ2v) is 7.90. The van der Waals surface area contributed by atoms with Gasteiger partial charge < -0.3 is 10.4 Å². The molecule has 1 amide bonds. The number of rotatable bonds is 6. The van der Waals surface area contributed by atoms with E-state index in [1.807, 2.05) is 49.4 Å². The minimum atomic E-state index is -0.104. The maximum absolute atomic E-state index is 12.6. The van der Waals surface area contributed by atoms with E-state index in [4.69, 9.17) is 0 Å². The lowest BCUT2D eigenvalue weighted by Gasteiger charge is -2.04. The molecule has 0 spiro atoms. The van der Waals surface area contributed by atoms with E-state index >= 15 is 0 Å². The van der Waals surface area contributed by atoms with Crippen LogP contribution in [0.3, 0.4) is 0 Å². The molecule has 0 atom stereocenters. The zero-order valence-electron chi connectivity index (χ0n) is 16.5. The molecule has 0 radical (unpaired) electrons. The average molecular weight is 416 g/mol. The zero-order chi connectivity index (χ0) is 20.9. The fourth-order valence-corrected chi connectivity index (χ4v) is 4.07. The topological polar surface area (TPSA) is 75.1 Å². The molecule has 4 rings (SSSR count). The number of phenols is 1. The third kappa shape index (κ3) is 4.55. The molecule has 5 nitrogen and oxygen atoms in total. The van der Waals surface area contributed by atoms with Crippen LogP contribution in [0, 0.1) is 6.92 Å². The number of thiazole rings is 1. The minimum absolute atomic E-state index is 0.104. The number of benzene rings is 2. The van der Waals surface area contributed by atoms with Crippen LogP contribution in [0.4, 0.5) is 0 Å². The van der Waals surface area contributed by atoms with E-state index in [0.29, 0.717) is 17.1 Å². The monoisotopic (exact) mass is 415 g/mol. The van der Waals surface area contributed by atoms with Crippen molar-refractivity contribution < 1.29 is 9.90 Å². The number of aryl methyl sites for hydroxylation is 1. The predicted molar refractivity (Wildman–Crippen MR) is 120 cm³/mol. The molecule has 0 aliphatic carbocycles. The Bertz CT molecular complexity index is 1140. The Kier molecular flexibility index (Phi) is 5.86. The Morgan fingerprint density at radius 3 is 2.43 bits per heavy atom. The second kappa shape index (κ2) is 8.88. The van der Waals surface area contributed by atoms with Gasteiger partial charge in [-0.05, 0) is 42.7 Å². The van der Waals surface area contributed by atoms with Gasteiger partial charge in [0, 0.05) is 18.3 Å². The Balaban J connectivity index is 1.44. The molecule has 2 N–H and O–H groups in total. The van der Waals surface area contributed by atoms with Gasteiger partial charge in [0.2, 0.25) is 0 Å². The van der Waals surface area contributed by atoms with Gasteiger partial charge in [-0.1, -0.05) is 48.5 Å². The van der Waals surface area contributed by atoms with Crippen molar-refractivity contribution in [2.24, 2.45) is 0 Å². The molecule has 6 heteroatoms. The first-order valence-corrected chi connectivity index (χ1v) is 10.5. The number of nitrogens with zero attached hydrogens (tertiary/aromatic N) is 2. The second-order valence-electron chi connectivity index (χ2n) is 6.90. The van der Waals surface area contributed by atoms with Crippen LogP contribution in [-0.2, 0) is 6.42 Å². The number of nitrogens with one attached hydrogen (secondary N) is 1. The number of carbonyl (C=O) groups is 1. The largest absolute Gasteiger partial charge is 0.508 e. The SMILES string of the molecule is Cc1nc(-c2ccc(-c3ccc(O)cc3)cn2)sc1C(=O)NCCc1ccccc1. The lowest BCUT2D eigenvalue weighted by Crippen LogP contribution is -2.25. The average Bonchev–Trinajstić information content (AvgIpc) is 3.17. The van der Waals surface area contributed by atoms with Gasteiger partial charge in [0.25, 0.3) is 5.91 Å². The predicted octanol–water partition coefficient (Wildman–Crippen LogP) is 4.86. The molecule has 0 saturated heterocycles. The Morgan fingerprint density at radius 1 is 1.00 bits per heavy atom. The number of amides is 1. The standard InChI is InChI=1S/C24H21N3O2S/c1-16-22(23(29)25-14-13-17-5-3-2-4-6-17)30-24(27-16)21-12-9-19(15-26-21)18-7-10-20(28)11-8-18/h2-12,15,28H,13-14H2,1H3,(H,25,29). The molecule has 150 valence electrons. The van der Waals surface area contributed by atoms with Crippen molar-refractivity contribution in [2.75, 3.05) is 6.54 Å². The molecule has 0 fully saturated rings. The van der Waals surface area contributed by atoms with Crippen molar-refractivity contribution in [2.45, 2.75) is 13.3 Å². The van der Waals surface area contributed by atoms with Gasteiger partial charge in [-0.25, -0.2) is 4.98 Å². The molecule has 4 aromatic rings. The number of hydrogen-bond acceptors (Lipinski definition) is 5. The number of hydrogen-bond donors (Lipinski definition) is 2. The van der Waals surface area contributed by atoms with Crippen LogP contribution in [0.25, 0.3) is 21.8 Å². The highest BCUT2D eigenvalue weighted by molar-refractivity contribution is 7.17. The van der Waals surface area contributed by atoms with Gasteiger partial charge in [0.1, 0.15) is 15.6 Å². The van der Waals surface area contributed by atoms with E-state index in [1.165, 1.54) is 16.9 Å². The van der Waals surface area contributed by atoms with E-state index in [-0.39, 0.29) is 11.7 Å². The van der Waals surface area contributed by atoms with E-state index in [1.54, 1.807) is 18.3 Å². The summed E-state index contributed by atoms with van der Waals surface area (Å²) < 4.78 is 0. The third-order valence-corrected chi connectivity index (χ3v) is 5.91. The molecule has 0 unspecified atom stereocenters. The fourth-order valence-electron chi connectivity index (χ4n) is 3.11. The van der Waals surface area contributed by atoms with E-state index in [9.17, 15) is 9.90 Å². The lowest BCUT2D eigenvalue weighted by atomic mass is 10.1. The van der Waals surface area contributed by atoms with Crippen molar-refractivity contribution in [3.8, 4) is 27.6 Å². The zero-order valence-corrected chi connectivity index (χ0v) is 17.3. The summed E-state index contributed by atoms with van der Waals surface area (Å²) in [6.45, 7) is 2.42. The molecule has 2 aromatic carbocycles. The maximum Gasteiger partial charge on any atom is 0.263 e. The molecule has 0 aliphatic rings. The molecular formula is C24H21N3O2S. The van der Waals surface area contributed by atoms with Crippen LogP contribution < -0.4 is 5.32 Å².